The molecule has 0 fully saturated rings. The highest BCUT2D eigenvalue weighted by Crippen LogP contribution is 2.40. The van der Waals surface area contributed by atoms with Crippen molar-refractivity contribution in [1.29, 1.82) is 0 Å². The fraction of sp³-hybridized carbons (Fsp3) is 0.250. The molecule has 0 radical (unpaired) electrons. The molecular formula is C32H36O3. The van der Waals surface area contributed by atoms with Crippen LogP contribution >= 0.6 is 0 Å². The Kier molecular flexibility index (Phi) is 8.59. The first-order chi connectivity index (χ1) is 16.7. The number of hydrogen-bond acceptors (Lipinski definition) is 3. The van der Waals surface area contributed by atoms with Crippen LogP contribution < -0.4 is 14.2 Å². The second-order valence-corrected chi connectivity index (χ2v) is 9.44. The Labute approximate surface area is 210 Å². The maximum absolute atomic E-state index is 5.82. The molecule has 3 aromatic carbocycles. The molecule has 0 aliphatic carbocycles. The van der Waals surface area contributed by atoms with Gasteiger partial charge in [0.05, 0.1) is 0 Å². The highest BCUT2D eigenvalue weighted by atomic mass is 16.5. The Bertz CT molecular complexity index is 1000. The van der Waals surface area contributed by atoms with Gasteiger partial charge in [-0.2, -0.15) is 0 Å². The molecule has 3 heteroatoms. The van der Waals surface area contributed by atoms with Gasteiger partial charge in [-0.1, -0.05) is 56.1 Å². The van der Waals surface area contributed by atoms with Gasteiger partial charge in [0.2, 0.25) is 0 Å². The van der Waals surface area contributed by atoms with Crippen molar-refractivity contribution in [1.82, 2.24) is 0 Å². The molecule has 0 N–H and O–H groups in total. The van der Waals surface area contributed by atoms with Crippen LogP contribution in [0.2, 0.25) is 0 Å². The van der Waals surface area contributed by atoms with Crippen LogP contribution in [-0.2, 0) is 5.41 Å². The second kappa shape index (κ2) is 11.6. The first-order valence-corrected chi connectivity index (χ1v) is 11.8. The molecule has 3 nitrogen and oxygen atoms in total. The summed E-state index contributed by atoms with van der Waals surface area (Å²) in [5.41, 5.74) is 6.04. The summed E-state index contributed by atoms with van der Waals surface area (Å²) in [6.07, 6.45) is 0. The van der Waals surface area contributed by atoms with Gasteiger partial charge in [0.25, 0.3) is 0 Å². The van der Waals surface area contributed by atoms with Crippen molar-refractivity contribution < 1.29 is 14.2 Å². The lowest BCUT2D eigenvalue weighted by Crippen LogP contribution is -2.25. The fourth-order valence-corrected chi connectivity index (χ4v) is 3.77. The molecule has 0 saturated carbocycles. The van der Waals surface area contributed by atoms with E-state index in [9.17, 15) is 0 Å². The minimum absolute atomic E-state index is 0.396. The average Bonchev–Trinajstić information content (AvgIpc) is 2.85. The van der Waals surface area contributed by atoms with Crippen molar-refractivity contribution in [2.75, 3.05) is 19.8 Å². The SMILES string of the molecule is C=C(C)COc1ccc(C(C)(c2ccc(OCC(=C)C)cc2)c2ccc(OCC(=C)C)cc2)cc1. The molecular weight excluding hydrogens is 432 g/mol. The van der Waals surface area contributed by atoms with E-state index < -0.39 is 5.41 Å². The topological polar surface area (TPSA) is 27.7 Å². The van der Waals surface area contributed by atoms with Crippen LogP contribution in [0.4, 0.5) is 0 Å². The Balaban J connectivity index is 1.97. The van der Waals surface area contributed by atoms with Crippen molar-refractivity contribution in [3.8, 4) is 17.2 Å². The minimum atomic E-state index is -0.396. The summed E-state index contributed by atoms with van der Waals surface area (Å²) in [5, 5.41) is 0. The number of rotatable bonds is 12. The van der Waals surface area contributed by atoms with E-state index >= 15 is 0 Å². The summed E-state index contributed by atoms with van der Waals surface area (Å²) in [5.74, 6) is 2.48. The zero-order valence-corrected chi connectivity index (χ0v) is 21.4. The van der Waals surface area contributed by atoms with Gasteiger partial charge >= 0.3 is 0 Å². The van der Waals surface area contributed by atoms with Gasteiger partial charge in [0.1, 0.15) is 37.1 Å². The van der Waals surface area contributed by atoms with E-state index in [1.165, 1.54) is 0 Å². The normalized spacial score (nSPS) is 11.0. The van der Waals surface area contributed by atoms with Crippen molar-refractivity contribution in [2.45, 2.75) is 33.1 Å². The molecule has 0 saturated heterocycles. The summed E-state index contributed by atoms with van der Waals surface area (Å²) in [7, 11) is 0. The highest BCUT2D eigenvalue weighted by Gasteiger charge is 2.31. The van der Waals surface area contributed by atoms with E-state index in [0.29, 0.717) is 19.8 Å². The van der Waals surface area contributed by atoms with Crippen molar-refractivity contribution in [2.24, 2.45) is 0 Å². The van der Waals surface area contributed by atoms with E-state index in [1.807, 2.05) is 57.2 Å². The van der Waals surface area contributed by atoms with Crippen molar-refractivity contribution >= 4 is 0 Å². The van der Waals surface area contributed by atoms with Crippen LogP contribution in [0.3, 0.4) is 0 Å². The summed E-state index contributed by atoms with van der Waals surface area (Å²) < 4.78 is 17.5. The third kappa shape index (κ3) is 6.89. The molecule has 35 heavy (non-hydrogen) atoms. The summed E-state index contributed by atoms with van der Waals surface area (Å²) in [6.45, 7) is 21.4. The van der Waals surface area contributed by atoms with E-state index in [1.54, 1.807) is 0 Å². The Hall–Kier alpha value is -3.72. The highest BCUT2D eigenvalue weighted by molar-refractivity contribution is 5.52. The van der Waals surface area contributed by atoms with E-state index in [0.717, 1.165) is 50.7 Å². The Morgan fingerprint density at radius 1 is 0.514 bits per heavy atom. The van der Waals surface area contributed by atoms with Crippen molar-refractivity contribution in [3.05, 3.63) is 126 Å². The van der Waals surface area contributed by atoms with Gasteiger partial charge in [-0.15, -0.1) is 0 Å². The zero-order chi connectivity index (χ0) is 25.4. The van der Waals surface area contributed by atoms with Gasteiger partial charge in [-0.25, -0.2) is 0 Å². The molecule has 3 rings (SSSR count). The van der Waals surface area contributed by atoms with E-state index in [4.69, 9.17) is 14.2 Å². The van der Waals surface area contributed by atoms with Gasteiger partial charge in [-0.05, 0) is 97.5 Å². The predicted octanol–water partition coefficient (Wildman–Crippen LogP) is 7.91. The predicted molar refractivity (Wildman–Crippen MR) is 146 cm³/mol. The molecule has 182 valence electrons. The third-order valence-corrected chi connectivity index (χ3v) is 5.75. The first-order valence-electron chi connectivity index (χ1n) is 11.8. The number of hydrogen-bond donors (Lipinski definition) is 0. The van der Waals surface area contributed by atoms with E-state index in [-0.39, 0.29) is 0 Å². The summed E-state index contributed by atoms with van der Waals surface area (Å²) in [4.78, 5) is 0. The molecule has 0 amide bonds. The number of ether oxygens (including phenoxy) is 3. The molecule has 0 heterocycles. The molecule has 3 aromatic rings. The lowest BCUT2D eigenvalue weighted by Gasteiger charge is -2.32. The quantitative estimate of drug-likeness (QED) is 0.200. The lowest BCUT2D eigenvalue weighted by molar-refractivity contribution is 0.352. The van der Waals surface area contributed by atoms with Crippen molar-refractivity contribution in [3.63, 3.8) is 0 Å². The lowest BCUT2D eigenvalue weighted by atomic mass is 9.71. The monoisotopic (exact) mass is 468 g/mol. The first kappa shape index (κ1) is 25.9. The summed E-state index contributed by atoms with van der Waals surface area (Å²) in [6, 6.07) is 24.9. The van der Waals surface area contributed by atoms with Gasteiger partial charge in [-0.3, -0.25) is 0 Å². The van der Waals surface area contributed by atoms with Crippen LogP contribution in [-0.4, -0.2) is 19.8 Å². The summed E-state index contributed by atoms with van der Waals surface area (Å²) >= 11 is 0. The fourth-order valence-electron chi connectivity index (χ4n) is 3.77. The molecule has 0 spiro atoms. The third-order valence-electron chi connectivity index (χ3n) is 5.75. The largest absolute Gasteiger partial charge is 0.489 e. The Morgan fingerprint density at radius 2 is 0.743 bits per heavy atom. The van der Waals surface area contributed by atoms with E-state index in [2.05, 4.69) is 63.1 Å². The van der Waals surface area contributed by atoms with Crippen LogP contribution in [0.15, 0.2) is 109 Å². The van der Waals surface area contributed by atoms with Crippen LogP contribution in [0, 0.1) is 0 Å². The Morgan fingerprint density at radius 3 is 0.943 bits per heavy atom. The van der Waals surface area contributed by atoms with Gasteiger partial charge in [0, 0.05) is 5.41 Å². The smallest absolute Gasteiger partial charge is 0.119 e. The average molecular weight is 469 g/mol. The molecule has 0 unspecified atom stereocenters. The van der Waals surface area contributed by atoms with Gasteiger partial charge in [0.15, 0.2) is 0 Å². The standard InChI is InChI=1S/C32H36O3/c1-23(2)20-33-29-14-8-26(9-15-29)32(7,27-10-16-30(17-11-27)34-21-24(3)4)28-12-18-31(19-13-28)35-22-25(5)6/h8-19H,1,3,5,20-22H2,2,4,6-7H3. The maximum Gasteiger partial charge on any atom is 0.119 e. The van der Waals surface area contributed by atoms with Crippen LogP contribution in [0.5, 0.6) is 17.2 Å². The van der Waals surface area contributed by atoms with Crippen LogP contribution in [0.1, 0.15) is 44.4 Å². The number of benzene rings is 3. The van der Waals surface area contributed by atoms with Crippen LogP contribution in [0.25, 0.3) is 0 Å². The molecule has 0 aliphatic rings. The second-order valence-electron chi connectivity index (χ2n) is 9.44. The van der Waals surface area contributed by atoms with Gasteiger partial charge < -0.3 is 14.2 Å². The molecule has 0 bridgehead atoms. The minimum Gasteiger partial charge on any atom is -0.489 e. The molecule has 0 aliphatic heterocycles. The molecule has 0 aromatic heterocycles. The molecule has 0 atom stereocenters. The zero-order valence-electron chi connectivity index (χ0n) is 21.4. The maximum atomic E-state index is 5.82.